The average molecular weight is 422 g/mol. The highest BCUT2D eigenvalue weighted by Gasteiger charge is 2.30. The number of halogens is 1. The molecule has 0 radical (unpaired) electrons. The Morgan fingerprint density at radius 2 is 1.79 bits per heavy atom. The summed E-state index contributed by atoms with van der Waals surface area (Å²) >= 11 is 0. The molecule has 2 atom stereocenters. The van der Waals surface area contributed by atoms with Crippen LogP contribution in [0.4, 0.5) is 4.39 Å². The summed E-state index contributed by atoms with van der Waals surface area (Å²) in [5.41, 5.74) is 0. The summed E-state index contributed by atoms with van der Waals surface area (Å²) in [5.74, 6) is -0.552. The van der Waals surface area contributed by atoms with Gasteiger partial charge >= 0.3 is 0 Å². The fourth-order valence-electron chi connectivity index (χ4n) is 2.87. The number of rotatable bonds is 7. The summed E-state index contributed by atoms with van der Waals surface area (Å²) in [6.45, 7) is 3.79. The van der Waals surface area contributed by atoms with E-state index in [1.165, 1.54) is 12.1 Å². The number of carbonyl (C=O) groups excluding carboxylic acids is 1. The minimum Gasteiger partial charge on any atom is -0.486 e. The number of carbonyl (C=O) groups is 1. The lowest BCUT2D eigenvalue weighted by atomic mass is 10.1. The molecule has 0 bridgehead atoms. The van der Waals surface area contributed by atoms with Crippen molar-refractivity contribution in [3.8, 4) is 11.5 Å². The number of sulfonamides is 1. The van der Waals surface area contributed by atoms with Gasteiger partial charge in [0.1, 0.15) is 29.5 Å². The van der Waals surface area contributed by atoms with E-state index in [1.807, 2.05) is 12.1 Å². The van der Waals surface area contributed by atoms with Crippen LogP contribution in [0.25, 0.3) is 0 Å². The van der Waals surface area contributed by atoms with E-state index < -0.39 is 38.8 Å². The highest BCUT2D eigenvalue weighted by Crippen LogP contribution is 2.30. The average Bonchev–Trinajstić information content (AvgIpc) is 2.70. The maximum absolute atomic E-state index is 13.9. The highest BCUT2D eigenvalue weighted by atomic mass is 32.2. The van der Waals surface area contributed by atoms with Gasteiger partial charge in [0.05, 0.1) is 6.54 Å². The molecule has 0 aliphatic carbocycles. The molecular weight excluding hydrogens is 399 g/mol. The van der Waals surface area contributed by atoms with Gasteiger partial charge in [-0.05, 0) is 30.2 Å². The van der Waals surface area contributed by atoms with E-state index in [1.54, 1.807) is 26.0 Å². The second-order valence-corrected chi connectivity index (χ2v) is 8.70. The van der Waals surface area contributed by atoms with Crippen molar-refractivity contribution in [1.29, 1.82) is 0 Å². The minimum absolute atomic E-state index is 0.137. The summed E-state index contributed by atoms with van der Waals surface area (Å²) in [5, 5.41) is 2.69. The van der Waals surface area contributed by atoms with Gasteiger partial charge in [0, 0.05) is 0 Å². The molecule has 0 saturated heterocycles. The van der Waals surface area contributed by atoms with Crippen molar-refractivity contribution in [1.82, 2.24) is 10.0 Å². The molecule has 0 aromatic heterocycles. The van der Waals surface area contributed by atoms with Crippen LogP contribution in [0, 0.1) is 11.7 Å². The number of amides is 1. The fourth-order valence-corrected chi connectivity index (χ4v) is 4.30. The Kier molecular flexibility index (Phi) is 6.39. The topological polar surface area (TPSA) is 93.7 Å². The maximum atomic E-state index is 13.9. The monoisotopic (exact) mass is 422 g/mol. The Bertz CT molecular complexity index is 980. The van der Waals surface area contributed by atoms with Crippen LogP contribution in [0.15, 0.2) is 53.4 Å². The molecule has 0 spiro atoms. The number of para-hydroxylation sites is 2. The first kappa shape index (κ1) is 21.1. The second kappa shape index (κ2) is 8.79. The normalized spacial score (nSPS) is 17.0. The largest absolute Gasteiger partial charge is 0.486 e. The second-order valence-electron chi connectivity index (χ2n) is 7.02. The highest BCUT2D eigenvalue weighted by molar-refractivity contribution is 7.89. The predicted octanol–water partition coefficient (Wildman–Crippen LogP) is 2.08. The van der Waals surface area contributed by atoms with E-state index in [0.717, 1.165) is 12.1 Å². The molecule has 3 rings (SSSR count). The van der Waals surface area contributed by atoms with E-state index in [0.29, 0.717) is 11.5 Å². The Morgan fingerprint density at radius 3 is 2.48 bits per heavy atom. The van der Waals surface area contributed by atoms with Crippen LogP contribution in [0.5, 0.6) is 11.5 Å². The number of hydrogen-bond acceptors (Lipinski definition) is 5. The van der Waals surface area contributed by atoms with Crippen LogP contribution in [0.3, 0.4) is 0 Å². The van der Waals surface area contributed by atoms with Crippen molar-refractivity contribution in [2.24, 2.45) is 5.92 Å². The van der Waals surface area contributed by atoms with E-state index in [9.17, 15) is 17.6 Å². The summed E-state index contributed by atoms with van der Waals surface area (Å²) in [6.07, 6.45) is -0.412. The molecule has 0 unspecified atom stereocenters. The molecule has 2 aromatic carbocycles. The molecule has 1 aliphatic heterocycles. The third-order valence-corrected chi connectivity index (χ3v) is 5.90. The molecule has 2 N–H and O–H groups in total. The number of benzene rings is 2. The zero-order chi connectivity index (χ0) is 21.0. The maximum Gasteiger partial charge on any atom is 0.244 e. The smallest absolute Gasteiger partial charge is 0.244 e. The van der Waals surface area contributed by atoms with Gasteiger partial charge < -0.3 is 14.8 Å². The van der Waals surface area contributed by atoms with Crippen molar-refractivity contribution in [2.45, 2.75) is 30.9 Å². The number of fused-ring (bicyclic) bond motifs is 1. The molecule has 29 heavy (non-hydrogen) atoms. The van der Waals surface area contributed by atoms with E-state index >= 15 is 0 Å². The lowest BCUT2D eigenvalue weighted by molar-refractivity contribution is -0.124. The number of ether oxygens (including phenoxy) is 2. The van der Waals surface area contributed by atoms with E-state index in [-0.39, 0.29) is 19.1 Å². The van der Waals surface area contributed by atoms with Crippen molar-refractivity contribution < 1.29 is 27.1 Å². The summed E-state index contributed by atoms with van der Waals surface area (Å²) in [6, 6.07) is 11.1. The molecule has 1 heterocycles. The van der Waals surface area contributed by atoms with Crippen molar-refractivity contribution >= 4 is 15.9 Å². The van der Waals surface area contributed by atoms with Gasteiger partial charge in [0.15, 0.2) is 11.5 Å². The quantitative estimate of drug-likeness (QED) is 0.713. The van der Waals surface area contributed by atoms with Gasteiger partial charge in [-0.15, -0.1) is 0 Å². The summed E-state index contributed by atoms with van der Waals surface area (Å²) in [7, 11) is -4.21. The van der Waals surface area contributed by atoms with Crippen LogP contribution in [-0.4, -0.2) is 39.6 Å². The van der Waals surface area contributed by atoms with Gasteiger partial charge in [-0.1, -0.05) is 38.1 Å². The Balaban J connectivity index is 1.64. The summed E-state index contributed by atoms with van der Waals surface area (Å²) < 4.78 is 52.7. The molecule has 156 valence electrons. The first-order valence-electron chi connectivity index (χ1n) is 9.21. The van der Waals surface area contributed by atoms with Gasteiger partial charge in [-0.25, -0.2) is 12.8 Å². The number of nitrogens with one attached hydrogen (secondary N) is 2. The molecule has 1 aliphatic rings. The molecular formula is C20H23FN2O5S. The lowest BCUT2D eigenvalue weighted by Crippen LogP contribution is -2.52. The van der Waals surface area contributed by atoms with Gasteiger partial charge in [0.2, 0.25) is 15.9 Å². The van der Waals surface area contributed by atoms with Gasteiger partial charge in [-0.3, -0.25) is 4.79 Å². The van der Waals surface area contributed by atoms with Crippen LogP contribution >= 0.6 is 0 Å². The van der Waals surface area contributed by atoms with E-state index in [2.05, 4.69) is 10.0 Å². The van der Waals surface area contributed by atoms with E-state index in [4.69, 9.17) is 9.47 Å². The zero-order valence-electron chi connectivity index (χ0n) is 16.1. The Morgan fingerprint density at radius 1 is 1.14 bits per heavy atom. The Labute approximate surface area is 169 Å². The molecule has 0 fully saturated rings. The zero-order valence-corrected chi connectivity index (χ0v) is 16.9. The summed E-state index contributed by atoms with van der Waals surface area (Å²) in [4.78, 5) is 12.1. The van der Waals surface area contributed by atoms with Crippen LogP contribution in [0.2, 0.25) is 0 Å². The van der Waals surface area contributed by atoms with Gasteiger partial charge in [-0.2, -0.15) is 4.72 Å². The van der Waals surface area contributed by atoms with Crippen LogP contribution in [0.1, 0.15) is 13.8 Å². The van der Waals surface area contributed by atoms with Crippen molar-refractivity contribution in [2.75, 3.05) is 13.2 Å². The molecule has 2 aromatic rings. The fraction of sp³-hybridized carbons (Fsp3) is 0.350. The number of hydrogen-bond donors (Lipinski definition) is 2. The van der Waals surface area contributed by atoms with Crippen LogP contribution < -0.4 is 19.5 Å². The predicted molar refractivity (Wildman–Crippen MR) is 105 cm³/mol. The van der Waals surface area contributed by atoms with Crippen LogP contribution in [-0.2, 0) is 14.8 Å². The third kappa shape index (κ3) is 5.04. The first-order valence-corrected chi connectivity index (χ1v) is 10.7. The molecule has 0 saturated carbocycles. The lowest BCUT2D eigenvalue weighted by Gasteiger charge is -2.28. The van der Waals surface area contributed by atoms with Crippen molar-refractivity contribution in [3.05, 3.63) is 54.3 Å². The SMILES string of the molecule is CC(C)[C@@H](NS(=O)(=O)c1ccccc1F)C(=O)NC[C@H]1COc2ccccc2O1. The standard InChI is InChI=1S/C20H23FN2O5S/c1-13(2)19(23-29(25,26)18-10-6-3-7-15(18)21)20(24)22-11-14-12-27-16-8-4-5-9-17(16)28-14/h3-10,13-14,19,23H,11-12H2,1-2H3,(H,22,24)/t14-,19+/m0/s1. The first-order chi connectivity index (χ1) is 13.8. The molecule has 1 amide bonds. The van der Waals surface area contributed by atoms with Crippen molar-refractivity contribution in [3.63, 3.8) is 0 Å². The molecule has 7 nitrogen and oxygen atoms in total. The molecule has 9 heteroatoms. The third-order valence-electron chi connectivity index (χ3n) is 4.43. The Hall–Kier alpha value is -2.65. The van der Waals surface area contributed by atoms with Gasteiger partial charge in [0.25, 0.3) is 0 Å². The minimum atomic E-state index is -4.21.